The Bertz CT molecular complexity index is 512. The first-order valence-corrected chi connectivity index (χ1v) is 6.36. The maximum Gasteiger partial charge on any atom is 0.0496 e. The van der Waals surface area contributed by atoms with Crippen LogP contribution in [0.4, 0.5) is 0 Å². The number of nitrogens with zero attached hydrogens (tertiary/aromatic N) is 1. The van der Waals surface area contributed by atoms with Crippen molar-refractivity contribution in [1.82, 2.24) is 4.57 Å². The van der Waals surface area contributed by atoms with Crippen molar-refractivity contribution in [2.24, 2.45) is 5.73 Å². The number of hydrogen-bond acceptors (Lipinski definition) is 1. The predicted octanol–water partition coefficient (Wildman–Crippen LogP) is 4.00. The van der Waals surface area contributed by atoms with Crippen molar-refractivity contribution in [3.05, 3.63) is 34.4 Å². The normalized spacial score (nSPS) is 13.6. The van der Waals surface area contributed by atoms with Gasteiger partial charge in [-0.3, -0.25) is 0 Å². The number of rotatable bonds is 2. The fourth-order valence-electron chi connectivity index (χ4n) is 2.16. The first-order chi connectivity index (χ1) is 7.52. The second-order valence-corrected chi connectivity index (χ2v) is 5.35. The van der Waals surface area contributed by atoms with Crippen molar-refractivity contribution in [2.75, 3.05) is 0 Å². The number of hydrogen-bond donors (Lipinski definition) is 1. The zero-order valence-electron chi connectivity index (χ0n) is 9.87. The molecule has 0 aliphatic carbocycles. The molecule has 2 rings (SSSR count). The highest BCUT2D eigenvalue weighted by Gasteiger charge is 2.15. The molecule has 1 unspecified atom stereocenters. The molecule has 0 aliphatic rings. The minimum Gasteiger partial charge on any atom is -0.341 e. The molecule has 0 amide bonds. The zero-order chi connectivity index (χ0) is 11.9. The van der Waals surface area contributed by atoms with E-state index >= 15 is 0 Å². The van der Waals surface area contributed by atoms with Crippen LogP contribution in [0.3, 0.4) is 0 Å². The maximum atomic E-state index is 6.03. The van der Waals surface area contributed by atoms with Crippen molar-refractivity contribution in [3.63, 3.8) is 0 Å². The standard InChI is InChI=1S/C13H17BrN2/c1-8(2)16-12-6-4-5-11(14)10(12)7-13(16)9(3)15/h4-9H,15H2,1-3H3. The third kappa shape index (κ3) is 1.78. The second kappa shape index (κ2) is 4.22. The van der Waals surface area contributed by atoms with E-state index in [0.29, 0.717) is 6.04 Å². The van der Waals surface area contributed by atoms with E-state index in [1.807, 2.05) is 6.92 Å². The van der Waals surface area contributed by atoms with E-state index < -0.39 is 0 Å². The molecular formula is C13H17BrN2. The molecule has 2 N–H and O–H groups in total. The van der Waals surface area contributed by atoms with Gasteiger partial charge < -0.3 is 10.3 Å². The summed E-state index contributed by atoms with van der Waals surface area (Å²) in [5, 5.41) is 1.24. The minimum absolute atomic E-state index is 0.0571. The summed E-state index contributed by atoms with van der Waals surface area (Å²) in [5.41, 5.74) is 8.47. The van der Waals surface area contributed by atoms with E-state index in [-0.39, 0.29) is 6.04 Å². The molecule has 0 aliphatic heterocycles. The summed E-state index contributed by atoms with van der Waals surface area (Å²) in [6.45, 7) is 6.40. The molecule has 2 nitrogen and oxygen atoms in total. The average molecular weight is 281 g/mol. The maximum absolute atomic E-state index is 6.03. The summed E-state index contributed by atoms with van der Waals surface area (Å²) in [5.74, 6) is 0. The van der Waals surface area contributed by atoms with Crippen molar-refractivity contribution in [1.29, 1.82) is 0 Å². The van der Waals surface area contributed by atoms with Crippen LogP contribution in [0.15, 0.2) is 28.7 Å². The van der Waals surface area contributed by atoms with Gasteiger partial charge in [0.1, 0.15) is 0 Å². The van der Waals surface area contributed by atoms with Gasteiger partial charge in [-0.1, -0.05) is 22.0 Å². The molecular weight excluding hydrogens is 264 g/mol. The quantitative estimate of drug-likeness (QED) is 0.886. The highest BCUT2D eigenvalue weighted by atomic mass is 79.9. The van der Waals surface area contributed by atoms with Gasteiger partial charge in [-0.25, -0.2) is 0 Å². The Morgan fingerprint density at radius 3 is 2.50 bits per heavy atom. The van der Waals surface area contributed by atoms with Crippen LogP contribution in [0, 0.1) is 0 Å². The molecule has 0 fully saturated rings. The van der Waals surface area contributed by atoms with Gasteiger partial charge in [0, 0.05) is 33.2 Å². The summed E-state index contributed by atoms with van der Waals surface area (Å²) in [6, 6.07) is 8.94. The van der Waals surface area contributed by atoms with E-state index in [2.05, 4.69) is 58.6 Å². The van der Waals surface area contributed by atoms with Gasteiger partial charge in [0.25, 0.3) is 0 Å². The lowest BCUT2D eigenvalue weighted by Crippen LogP contribution is -2.13. The molecule has 86 valence electrons. The Morgan fingerprint density at radius 2 is 1.94 bits per heavy atom. The number of fused-ring (bicyclic) bond motifs is 1. The number of aromatic nitrogens is 1. The van der Waals surface area contributed by atoms with Crippen LogP contribution in [0.1, 0.15) is 38.5 Å². The van der Waals surface area contributed by atoms with Gasteiger partial charge in [0.15, 0.2) is 0 Å². The Morgan fingerprint density at radius 1 is 1.25 bits per heavy atom. The first-order valence-electron chi connectivity index (χ1n) is 5.57. The van der Waals surface area contributed by atoms with Gasteiger partial charge in [-0.05, 0) is 39.0 Å². The smallest absolute Gasteiger partial charge is 0.0496 e. The van der Waals surface area contributed by atoms with E-state index in [9.17, 15) is 0 Å². The monoisotopic (exact) mass is 280 g/mol. The Hall–Kier alpha value is -0.800. The number of nitrogens with two attached hydrogens (primary N) is 1. The third-order valence-corrected chi connectivity index (χ3v) is 3.53. The Balaban J connectivity index is 2.81. The molecule has 1 atom stereocenters. The molecule has 2 aromatic rings. The summed E-state index contributed by atoms with van der Waals surface area (Å²) >= 11 is 3.59. The molecule has 0 saturated carbocycles. The molecule has 3 heteroatoms. The molecule has 1 aromatic carbocycles. The molecule has 1 aromatic heterocycles. The van der Waals surface area contributed by atoms with E-state index in [1.54, 1.807) is 0 Å². The van der Waals surface area contributed by atoms with Crippen molar-refractivity contribution in [3.8, 4) is 0 Å². The molecule has 0 bridgehead atoms. The topological polar surface area (TPSA) is 30.9 Å². The van der Waals surface area contributed by atoms with Crippen LogP contribution < -0.4 is 5.73 Å². The van der Waals surface area contributed by atoms with E-state index in [1.165, 1.54) is 16.6 Å². The lowest BCUT2D eigenvalue weighted by molar-refractivity contribution is 0.571. The number of halogens is 1. The van der Waals surface area contributed by atoms with E-state index in [0.717, 1.165) is 4.47 Å². The van der Waals surface area contributed by atoms with Crippen molar-refractivity contribution >= 4 is 26.8 Å². The molecule has 0 spiro atoms. The second-order valence-electron chi connectivity index (χ2n) is 4.49. The van der Waals surface area contributed by atoms with Gasteiger partial charge in [0.05, 0.1) is 0 Å². The summed E-state index contributed by atoms with van der Waals surface area (Å²) < 4.78 is 3.44. The van der Waals surface area contributed by atoms with E-state index in [4.69, 9.17) is 5.73 Å². The lowest BCUT2D eigenvalue weighted by atomic mass is 10.2. The van der Waals surface area contributed by atoms with Crippen LogP contribution in [-0.4, -0.2) is 4.57 Å². The highest BCUT2D eigenvalue weighted by molar-refractivity contribution is 9.10. The largest absolute Gasteiger partial charge is 0.341 e. The van der Waals surface area contributed by atoms with Gasteiger partial charge >= 0.3 is 0 Å². The third-order valence-electron chi connectivity index (χ3n) is 2.84. The van der Waals surface area contributed by atoms with Crippen LogP contribution in [0.2, 0.25) is 0 Å². The molecule has 0 radical (unpaired) electrons. The van der Waals surface area contributed by atoms with Crippen molar-refractivity contribution in [2.45, 2.75) is 32.9 Å². The SMILES string of the molecule is CC(N)c1cc2c(Br)cccc2n1C(C)C. The van der Waals surface area contributed by atoms with Crippen LogP contribution in [0.25, 0.3) is 10.9 Å². The zero-order valence-corrected chi connectivity index (χ0v) is 11.5. The lowest BCUT2D eigenvalue weighted by Gasteiger charge is -2.16. The summed E-state index contributed by atoms with van der Waals surface area (Å²) in [4.78, 5) is 0. The van der Waals surface area contributed by atoms with Crippen LogP contribution in [-0.2, 0) is 0 Å². The predicted molar refractivity (Wildman–Crippen MR) is 72.6 cm³/mol. The molecule has 16 heavy (non-hydrogen) atoms. The first kappa shape index (κ1) is 11.7. The summed E-state index contributed by atoms with van der Waals surface area (Å²) in [6.07, 6.45) is 0. The van der Waals surface area contributed by atoms with Gasteiger partial charge in [-0.15, -0.1) is 0 Å². The van der Waals surface area contributed by atoms with Crippen LogP contribution in [0.5, 0.6) is 0 Å². The fourth-order valence-corrected chi connectivity index (χ4v) is 2.63. The molecule has 1 heterocycles. The summed E-state index contributed by atoms with van der Waals surface area (Å²) in [7, 11) is 0. The Kier molecular flexibility index (Phi) is 3.08. The minimum atomic E-state index is 0.0571. The van der Waals surface area contributed by atoms with Crippen molar-refractivity contribution < 1.29 is 0 Å². The molecule has 0 saturated heterocycles. The highest BCUT2D eigenvalue weighted by Crippen LogP contribution is 2.31. The average Bonchev–Trinajstić information content (AvgIpc) is 2.58. The number of benzene rings is 1. The van der Waals surface area contributed by atoms with Crippen LogP contribution >= 0.6 is 15.9 Å². The fraction of sp³-hybridized carbons (Fsp3) is 0.385. The van der Waals surface area contributed by atoms with Gasteiger partial charge in [0.2, 0.25) is 0 Å². The van der Waals surface area contributed by atoms with Gasteiger partial charge in [-0.2, -0.15) is 0 Å². The Labute approximate surface area is 105 Å².